The maximum absolute atomic E-state index is 11.1. The minimum atomic E-state index is -0.857. The molecule has 2 aromatic rings. The van der Waals surface area contributed by atoms with Gasteiger partial charge in [0, 0.05) is 36.2 Å². The Morgan fingerprint density at radius 2 is 1.25 bits per heavy atom. The molecule has 126 valence electrons. The average Bonchev–Trinajstić information content (AvgIpc) is 2.59. The van der Waals surface area contributed by atoms with Crippen molar-refractivity contribution < 1.29 is 9.90 Å². The molecule has 1 N–H and O–H groups in total. The molecule has 0 aromatic heterocycles. The first-order chi connectivity index (χ1) is 11.5. The van der Waals surface area contributed by atoms with Gasteiger partial charge in [-0.1, -0.05) is 47.5 Å². The molecule has 1 heterocycles. The van der Waals surface area contributed by atoms with Crippen molar-refractivity contribution >= 4 is 29.3 Å². The highest BCUT2D eigenvalue weighted by Crippen LogP contribution is 2.31. The van der Waals surface area contributed by atoms with Crippen LogP contribution in [0.5, 0.6) is 0 Å². The van der Waals surface area contributed by atoms with Crippen LogP contribution in [0, 0.1) is 0 Å². The maximum Gasteiger partial charge on any atom is 0.407 e. The monoisotopic (exact) mass is 364 g/mol. The lowest BCUT2D eigenvalue weighted by molar-refractivity contribution is 0.0932. The van der Waals surface area contributed by atoms with Gasteiger partial charge >= 0.3 is 6.09 Å². The number of amides is 1. The van der Waals surface area contributed by atoms with E-state index in [-0.39, 0.29) is 6.04 Å². The first-order valence-corrected chi connectivity index (χ1v) is 8.53. The van der Waals surface area contributed by atoms with Crippen LogP contribution in [0.4, 0.5) is 4.79 Å². The van der Waals surface area contributed by atoms with E-state index < -0.39 is 6.09 Å². The van der Waals surface area contributed by atoms with Crippen LogP contribution in [0.2, 0.25) is 10.0 Å². The maximum atomic E-state index is 11.1. The summed E-state index contributed by atoms with van der Waals surface area (Å²) in [6.45, 7) is 2.38. The van der Waals surface area contributed by atoms with Crippen LogP contribution in [0.1, 0.15) is 17.2 Å². The molecule has 1 aliphatic heterocycles. The van der Waals surface area contributed by atoms with E-state index in [0.717, 1.165) is 11.1 Å². The van der Waals surface area contributed by atoms with E-state index in [1.54, 1.807) is 0 Å². The van der Waals surface area contributed by atoms with Gasteiger partial charge in [0.2, 0.25) is 0 Å². The van der Waals surface area contributed by atoms with E-state index in [4.69, 9.17) is 28.3 Å². The molecule has 1 aliphatic rings. The van der Waals surface area contributed by atoms with Crippen LogP contribution in [0.15, 0.2) is 48.5 Å². The number of benzene rings is 2. The smallest absolute Gasteiger partial charge is 0.407 e. The SMILES string of the molecule is O=C(O)N1CCN(C(c2ccc(Cl)cc2)c2ccc(Cl)cc2)CC1. The number of hydrogen-bond acceptors (Lipinski definition) is 2. The van der Waals surface area contributed by atoms with Crippen molar-refractivity contribution in [2.75, 3.05) is 26.2 Å². The number of nitrogens with zero attached hydrogens (tertiary/aromatic N) is 2. The second-order valence-electron chi connectivity index (χ2n) is 5.81. The summed E-state index contributed by atoms with van der Waals surface area (Å²) in [4.78, 5) is 14.9. The number of carbonyl (C=O) groups is 1. The Hall–Kier alpha value is -1.75. The summed E-state index contributed by atoms with van der Waals surface area (Å²) < 4.78 is 0. The largest absolute Gasteiger partial charge is 0.465 e. The summed E-state index contributed by atoms with van der Waals surface area (Å²) in [6.07, 6.45) is -0.857. The quantitative estimate of drug-likeness (QED) is 0.878. The predicted octanol–water partition coefficient (Wildman–Crippen LogP) is 4.38. The van der Waals surface area contributed by atoms with E-state index in [0.29, 0.717) is 36.2 Å². The van der Waals surface area contributed by atoms with E-state index in [1.165, 1.54) is 4.90 Å². The second kappa shape index (κ2) is 7.43. The van der Waals surface area contributed by atoms with E-state index in [2.05, 4.69) is 4.90 Å². The Balaban J connectivity index is 1.89. The zero-order valence-corrected chi connectivity index (χ0v) is 14.5. The van der Waals surface area contributed by atoms with Crippen molar-refractivity contribution in [3.8, 4) is 0 Å². The fourth-order valence-corrected chi connectivity index (χ4v) is 3.33. The summed E-state index contributed by atoms with van der Waals surface area (Å²) in [5.41, 5.74) is 2.26. The molecule has 1 amide bonds. The molecule has 3 rings (SSSR count). The third-order valence-corrected chi connectivity index (χ3v) is 4.83. The van der Waals surface area contributed by atoms with Gasteiger partial charge in [-0.15, -0.1) is 0 Å². The van der Waals surface area contributed by atoms with E-state index >= 15 is 0 Å². The highest BCUT2D eigenvalue weighted by atomic mass is 35.5. The third kappa shape index (κ3) is 3.83. The molecule has 0 aliphatic carbocycles. The lowest BCUT2D eigenvalue weighted by Crippen LogP contribution is -2.49. The number of hydrogen-bond donors (Lipinski definition) is 1. The van der Waals surface area contributed by atoms with Gasteiger partial charge in [0.1, 0.15) is 0 Å². The molecule has 0 unspecified atom stereocenters. The fourth-order valence-electron chi connectivity index (χ4n) is 3.08. The standard InChI is InChI=1S/C18H18Cl2N2O2/c19-15-5-1-13(2-6-15)17(14-3-7-16(20)8-4-14)21-9-11-22(12-10-21)18(23)24/h1-8,17H,9-12H2,(H,23,24). The van der Waals surface area contributed by atoms with Gasteiger partial charge in [0.25, 0.3) is 0 Å². The van der Waals surface area contributed by atoms with Gasteiger partial charge in [-0.2, -0.15) is 0 Å². The summed E-state index contributed by atoms with van der Waals surface area (Å²) in [6, 6.07) is 15.7. The Labute approximate surface area is 151 Å². The Bertz CT molecular complexity index is 650. The van der Waals surface area contributed by atoms with Gasteiger partial charge < -0.3 is 10.0 Å². The minimum Gasteiger partial charge on any atom is -0.465 e. The highest BCUT2D eigenvalue weighted by Gasteiger charge is 2.28. The average molecular weight is 365 g/mol. The molecule has 1 saturated heterocycles. The molecule has 0 atom stereocenters. The number of piperazine rings is 1. The van der Waals surface area contributed by atoms with Crippen LogP contribution in [-0.2, 0) is 0 Å². The summed E-state index contributed by atoms with van der Waals surface area (Å²) in [5, 5.41) is 10.5. The Kier molecular flexibility index (Phi) is 5.29. The number of carboxylic acid groups (broad SMARTS) is 1. The molecule has 0 saturated carbocycles. The predicted molar refractivity (Wildman–Crippen MR) is 95.9 cm³/mol. The molecule has 1 fully saturated rings. The van der Waals surface area contributed by atoms with Crippen LogP contribution in [0.25, 0.3) is 0 Å². The van der Waals surface area contributed by atoms with Crippen molar-refractivity contribution in [3.63, 3.8) is 0 Å². The number of rotatable bonds is 3. The van der Waals surface area contributed by atoms with Gasteiger partial charge in [0.15, 0.2) is 0 Å². The van der Waals surface area contributed by atoms with Crippen LogP contribution in [-0.4, -0.2) is 47.2 Å². The minimum absolute atomic E-state index is 0.0514. The second-order valence-corrected chi connectivity index (χ2v) is 6.68. The molecule has 2 aromatic carbocycles. The molecule has 0 spiro atoms. The normalized spacial score (nSPS) is 15.7. The topological polar surface area (TPSA) is 43.8 Å². The first-order valence-electron chi connectivity index (χ1n) is 7.77. The number of halogens is 2. The summed E-state index contributed by atoms with van der Waals surface area (Å²) in [7, 11) is 0. The zero-order valence-electron chi connectivity index (χ0n) is 13.0. The van der Waals surface area contributed by atoms with Crippen LogP contribution >= 0.6 is 23.2 Å². The van der Waals surface area contributed by atoms with Crippen molar-refractivity contribution in [3.05, 3.63) is 69.7 Å². The van der Waals surface area contributed by atoms with Crippen LogP contribution in [0.3, 0.4) is 0 Å². The molecule has 6 heteroatoms. The molecule has 0 radical (unpaired) electrons. The Morgan fingerprint density at radius 1 is 0.833 bits per heavy atom. The van der Waals surface area contributed by atoms with E-state index in [1.807, 2.05) is 48.5 Å². The molecule has 4 nitrogen and oxygen atoms in total. The first kappa shape index (κ1) is 17.1. The van der Waals surface area contributed by atoms with Crippen molar-refractivity contribution in [1.29, 1.82) is 0 Å². The highest BCUT2D eigenvalue weighted by molar-refractivity contribution is 6.30. The lowest BCUT2D eigenvalue weighted by atomic mass is 9.96. The molecular weight excluding hydrogens is 347 g/mol. The van der Waals surface area contributed by atoms with Crippen molar-refractivity contribution in [2.45, 2.75) is 6.04 Å². The van der Waals surface area contributed by atoms with Crippen molar-refractivity contribution in [2.24, 2.45) is 0 Å². The zero-order chi connectivity index (χ0) is 17.1. The lowest BCUT2D eigenvalue weighted by Gasteiger charge is -2.38. The Morgan fingerprint density at radius 3 is 1.62 bits per heavy atom. The molecule has 24 heavy (non-hydrogen) atoms. The van der Waals surface area contributed by atoms with Gasteiger partial charge in [0.05, 0.1) is 6.04 Å². The van der Waals surface area contributed by atoms with Gasteiger partial charge in [-0.25, -0.2) is 4.79 Å². The van der Waals surface area contributed by atoms with Crippen LogP contribution < -0.4 is 0 Å². The van der Waals surface area contributed by atoms with Gasteiger partial charge in [-0.3, -0.25) is 4.90 Å². The van der Waals surface area contributed by atoms with Gasteiger partial charge in [-0.05, 0) is 35.4 Å². The fraction of sp³-hybridized carbons (Fsp3) is 0.278. The molecule has 0 bridgehead atoms. The third-order valence-electron chi connectivity index (χ3n) is 4.32. The van der Waals surface area contributed by atoms with E-state index in [9.17, 15) is 4.79 Å². The summed E-state index contributed by atoms with van der Waals surface area (Å²) in [5.74, 6) is 0. The summed E-state index contributed by atoms with van der Waals surface area (Å²) >= 11 is 12.0. The van der Waals surface area contributed by atoms with Crippen molar-refractivity contribution in [1.82, 2.24) is 9.80 Å². The molecular formula is C18H18Cl2N2O2.